The zero-order valence-electron chi connectivity index (χ0n) is 37.4. The number of aromatic nitrogens is 2. The topological polar surface area (TPSA) is 214 Å². The number of urea groups is 1. The van der Waals surface area contributed by atoms with Gasteiger partial charge in [-0.25, -0.2) is 19.6 Å². The molecular formula is C44H63N9O8S2. The van der Waals surface area contributed by atoms with Gasteiger partial charge < -0.3 is 45.3 Å². The lowest BCUT2D eigenvalue weighted by atomic mass is 9.86. The number of carboxylic acids is 1. The molecule has 7 atom stereocenters. The van der Waals surface area contributed by atoms with Gasteiger partial charge in [-0.2, -0.15) is 0 Å². The fraction of sp³-hybridized carbons (Fsp3) is 0.636. The number of hydrogen-bond acceptors (Lipinski definition) is 13. The van der Waals surface area contributed by atoms with Gasteiger partial charge in [-0.05, 0) is 56.6 Å². The monoisotopic (exact) mass is 909 g/mol. The van der Waals surface area contributed by atoms with Gasteiger partial charge in [0.15, 0.2) is 5.13 Å². The number of benzene rings is 1. The predicted molar refractivity (Wildman–Crippen MR) is 243 cm³/mol. The standard InChI is InChI=1S/C44H63N9O8S2/c1-26(2)45-42-48-34(25-62-42)33-21-36(30-16-15-28(60-7)19-32(30)46-33)61-29-20-35-38(54)50-44(40(56)57)22-27(44)13-11-9-8-10-12-14-31(39(55)53(35)23-29)47-41(58)49-37(43(3,4)5)24-52-18-17-51(6)63(52)59/h15-16,19,21,25-27,29,31,35,37H,8-14,17-18,20,22-24H2,1-7H3,(H,45,48)(H,50,54)(H,56,57)(H2,47,49,58)/t27?,29-,31+,35+,37?,44-,63?/m1/s1. The number of nitrogens with zero attached hydrogens (tertiary/aromatic N) is 5. The molecule has 63 heavy (non-hydrogen) atoms. The number of carboxylic acid groups (broad SMARTS) is 1. The second-order valence-electron chi connectivity index (χ2n) is 18.8. The maximum absolute atomic E-state index is 14.9. The van der Waals surface area contributed by atoms with Gasteiger partial charge in [-0.3, -0.25) is 9.59 Å². The molecule has 344 valence electrons. The van der Waals surface area contributed by atoms with Crippen molar-refractivity contribution in [3.63, 3.8) is 0 Å². The summed E-state index contributed by atoms with van der Waals surface area (Å²) >= 11 is 0.143. The van der Waals surface area contributed by atoms with Gasteiger partial charge in [-0.15, -0.1) is 19.9 Å². The third-order valence-electron chi connectivity index (χ3n) is 12.7. The molecule has 1 aromatic carbocycles. The van der Waals surface area contributed by atoms with Crippen LogP contribution in [-0.2, 0) is 25.9 Å². The predicted octanol–water partition coefficient (Wildman–Crippen LogP) is 5.15. The average molecular weight is 910 g/mol. The van der Waals surface area contributed by atoms with Crippen LogP contribution in [0.4, 0.5) is 9.93 Å². The molecule has 3 saturated heterocycles. The van der Waals surface area contributed by atoms with E-state index in [-0.39, 0.29) is 24.9 Å². The Labute approximate surface area is 376 Å². The van der Waals surface area contributed by atoms with Crippen LogP contribution in [-0.4, -0.2) is 133 Å². The first-order valence-electron chi connectivity index (χ1n) is 22.1. The number of carbonyl (C=O) groups is 4. The number of thiazole rings is 1. The van der Waals surface area contributed by atoms with Crippen LogP contribution in [0.15, 0.2) is 29.6 Å². The van der Waals surface area contributed by atoms with Crippen LogP contribution >= 0.6 is 11.3 Å². The number of rotatable bonds is 11. The van der Waals surface area contributed by atoms with Crippen LogP contribution in [0.1, 0.15) is 92.4 Å². The maximum atomic E-state index is 14.9. The third kappa shape index (κ3) is 10.8. The Bertz CT molecular complexity index is 2150. The van der Waals surface area contributed by atoms with Crippen molar-refractivity contribution in [3.8, 4) is 22.9 Å². The van der Waals surface area contributed by atoms with Crippen LogP contribution in [0.5, 0.6) is 11.5 Å². The molecule has 5 heterocycles. The maximum Gasteiger partial charge on any atom is 0.329 e. The van der Waals surface area contributed by atoms with Gasteiger partial charge in [0.1, 0.15) is 52.5 Å². The Balaban J connectivity index is 1.18. The quantitative estimate of drug-likeness (QED) is 0.158. The van der Waals surface area contributed by atoms with Gasteiger partial charge >= 0.3 is 12.0 Å². The molecular weight excluding hydrogens is 847 g/mol. The molecule has 4 aliphatic rings. The van der Waals surface area contributed by atoms with Crippen LogP contribution in [0.2, 0.25) is 0 Å². The van der Waals surface area contributed by atoms with Crippen LogP contribution in [0, 0.1) is 11.3 Å². The van der Waals surface area contributed by atoms with Crippen molar-refractivity contribution in [2.45, 2.75) is 128 Å². The molecule has 5 N–H and O–H groups in total. The van der Waals surface area contributed by atoms with E-state index in [1.54, 1.807) is 18.5 Å². The van der Waals surface area contributed by atoms with E-state index in [1.165, 1.54) is 16.2 Å². The first-order valence-corrected chi connectivity index (χ1v) is 24.1. The fourth-order valence-corrected chi connectivity index (χ4v) is 10.8. The summed E-state index contributed by atoms with van der Waals surface area (Å²) in [5.41, 5.74) is 0.00327. The van der Waals surface area contributed by atoms with Gasteiger partial charge in [0.2, 0.25) is 11.8 Å². The summed E-state index contributed by atoms with van der Waals surface area (Å²) in [5.74, 6) is -1.21. The minimum absolute atomic E-state index is 0.00753. The van der Waals surface area contributed by atoms with E-state index >= 15 is 0 Å². The van der Waals surface area contributed by atoms with E-state index < -0.39 is 70.5 Å². The highest BCUT2D eigenvalue weighted by Gasteiger charge is 2.62. The van der Waals surface area contributed by atoms with Crippen molar-refractivity contribution in [2.24, 2.45) is 11.3 Å². The van der Waals surface area contributed by atoms with Gasteiger partial charge in [0.25, 0.3) is 0 Å². The molecule has 4 amide bonds. The number of hydrogen-bond donors (Lipinski definition) is 5. The van der Waals surface area contributed by atoms with Crippen molar-refractivity contribution in [1.82, 2.24) is 39.4 Å². The highest BCUT2D eigenvalue weighted by Crippen LogP contribution is 2.48. The Morgan fingerprint density at radius 2 is 1.83 bits per heavy atom. The van der Waals surface area contributed by atoms with Crippen LogP contribution < -0.4 is 30.7 Å². The van der Waals surface area contributed by atoms with Crippen molar-refractivity contribution in [2.75, 3.05) is 45.7 Å². The van der Waals surface area contributed by atoms with Gasteiger partial charge in [0.05, 0.1) is 50.5 Å². The molecule has 19 heteroatoms. The van der Waals surface area contributed by atoms with Gasteiger partial charge in [0, 0.05) is 42.4 Å². The number of anilines is 1. The summed E-state index contributed by atoms with van der Waals surface area (Å²) in [5, 5.41) is 26.0. The SMILES string of the molecule is COc1ccc2c(O[C@@H]3C[C@H]4C(=O)N[C@]5(C(=O)O)CC5CCCCCCC[C@H](NC(=O)NC(CN5CCN(C)[S+]5[O-])C(C)(C)C)C(=O)N4C3)cc(-c3csc(NC(C)C)n3)nc2c1. The number of nitrogens with one attached hydrogen (secondary N) is 4. The number of fused-ring (bicyclic) bond motifs is 3. The zero-order chi connectivity index (χ0) is 45.2. The molecule has 3 aliphatic heterocycles. The number of aliphatic carboxylic acids is 1. The van der Waals surface area contributed by atoms with Gasteiger partial charge in [-0.1, -0.05) is 52.9 Å². The molecule has 0 spiro atoms. The first kappa shape index (κ1) is 46.6. The molecule has 1 aliphatic carbocycles. The Kier molecular flexibility index (Phi) is 14.3. The Morgan fingerprint density at radius 3 is 2.51 bits per heavy atom. The number of ether oxygens (including phenoxy) is 2. The second-order valence-corrected chi connectivity index (χ2v) is 21.2. The molecule has 3 aromatic rings. The smallest absolute Gasteiger partial charge is 0.329 e. The van der Waals surface area contributed by atoms with Crippen molar-refractivity contribution in [3.05, 3.63) is 29.6 Å². The Morgan fingerprint density at radius 1 is 1.08 bits per heavy atom. The minimum Gasteiger partial charge on any atom is -0.578 e. The lowest BCUT2D eigenvalue weighted by Crippen LogP contribution is -2.59. The summed E-state index contributed by atoms with van der Waals surface area (Å²) in [6, 6.07) is 4.46. The second kappa shape index (κ2) is 19.4. The van der Waals surface area contributed by atoms with E-state index in [1.807, 2.05) is 68.6 Å². The van der Waals surface area contributed by atoms with Crippen LogP contribution in [0.25, 0.3) is 22.3 Å². The van der Waals surface area contributed by atoms with Crippen molar-refractivity contribution >= 4 is 62.7 Å². The molecule has 7 rings (SSSR count). The van der Waals surface area contributed by atoms with Crippen LogP contribution in [0.3, 0.4) is 0 Å². The number of carbonyl (C=O) groups excluding carboxylic acids is 3. The zero-order valence-corrected chi connectivity index (χ0v) is 39.0. The molecule has 0 radical (unpaired) electrons. The van der Waals surface area contributed by atoms with Crippen molar-refractivity contribution in [1.29, 1.82) is 0 Å². The summed E-state index contributed by atoms with van der Waals surface area (Å²) in [6.45, 7) is 11.7. The van der Waals surface area contributed by atoms with E-state index in [0.717, 1.165) is 30.8 Å². The number of pyridine rings is 1. The number of methoxy groups -OCH3 is 1. The number of amides is 4. The molecule has 1 saturated carbocycles. The van der Waals surface area contributed by atoms with E-state index in [0.29, 0.717) is 79.1 Å². The van der Waals surface area contributed by atoms with E-state index in [2.05, 4.69) is 21.3 Å². The molecule has 0 bridgehead atoms. The molecule has 3 unspecified atom stereocenters. The highest BCUT2D eigenvalue weighted by atomic mass is 32.2. The molecule has 17 nitrogen and oxygen atoms in total. The average Bonchev–Trinajstić information content (AvgIpc) is 3.49. The third-order valence-corrected chi connectivity index (χ3v) is 14.9. The largest absolute Gasteiger partial charge is 0.578 e. The molecule has 2 aromatic heterocycles. The number of likely N-dealkylation sites (N-methyl/N-ethyl adjacent to an activating group) is 1. The minimum atomic E-state index is -1.40. The fourth-order valence-electron chi connectivity index (χ4n) is 8.83. The Hall–Kier alpha value is -4.43. The first-order chi connectivity index (χ1) is 29.9. The summed E-state index contributed by atoms with van der Waals surface area (Å²) < 4.78 is 28.8. The lowest BCUT2D eigenvalue weighted by molar-refractivity contribution is -0.145. The molecule has 4 fully saturated rings. The normalized spacial score (nSPS) is 26.9. The highest BCUT2D eigenvalue weighted by molar-refractivity contribution is 7.87. The summed E-state index contributed by atoms with van der Waals surface area (Å²) in [6.07, 6.45) is 4.86. The van der Waals surface area contributed by atoms with E-state index in [9.17, 15) is 28.8 Å². The van der Waals surface area contributed by atoms with E-state index in [4.69, 9.17) is 19.4 Å². The van der Waals surface area contributed by atoms with Crippen molar-refractivity contribution < 1.29 is 38.3 Å². The summed E-state index contributed by atoms with van der Waals surface area (Å²) in [7, 11) is 3.38. The summed E-state index contributed by atoms with van der Waals surface area (Å²) in [4.78, 5) is 67.2. The lowest BCUT2D eigenvalue weighted by Gasteiger charge is -2.34.